The van der Waals surface area contributed by atoms with Crippen molar-refractivity contribution in [2.24, 2.45) is 0 Å². The van der Waals surface area contributed by atoms with Gasteiger partial charge in [0.15, 0.2) is 0 Å². The molecule has 1 saturated heterocycles. The van der Waals surface area contributed by atoms with Crippen LogP contribution in [0.4, 0.5) is 0 Å². The predicted octanol–water partition coefficient (Wildman–Crippen LogP) is 5.05. The first kappa shape index (κ1) is 17.9. The van der Waals surface area contributed by atoms with Gasteiger partial charge in [-0.3, -0.25) is 4.79 Å². The Morgan fingerprint density at radius 2 is 2.23 bits per heavy atom. The second-order valence-electron chi connectivity index (χ2n) is 6.43. The van der Waals surface area contributed by atoms with E-state index in [2.05, 4.69) is 16.4 Å². The van der Waals surface area contributed by atoms with Gasteiger partial charge >= 0.3 is 0 Å². The molecule has 1 fully saturated rings. The third-order valence-corrected chi connectivity index (χ3v) is 7.50. The predicted molar refractivity (Wildman–Crippen MR) is 111 cm³/mol. The van der Waals surface area contributed by atoms with Crippen LogP contribution in [-0.2, 0) is 10.5 Å². The minimum Gasteiger partial charge on any atom is -0.333 e. The molecule has 4 nitrogen and oxygen atoms in total. The van der Waals surface area contributed by atoms with Crippen LogP contribution in [0.5, 0.6) is 0 Å². The minimum absolute atomic E-state index is 0.158. The quantitative estimate of drug-likeness (QED) is 0.541. The maximum Gasteiger partial charge on any atom is 0.223 e. The minimum atomic E-state index is 0.158. The van der Waals surface area contributed by atoms with Crippen LogP contribution in [0, 0.1) is 6.92 Å². The average molecular weight is 404 g/mol. The van der Waals surface area contributed by atoms with Crippen molar-refractivity contribution in [3.63, 3.8) is 0 Å². The van der Waals surface area contributed by atoms with Crippen LogP contribution in [0.15, 0.2) is 29.6 Å². The number of hydrogen-bond acceptors (Lipinski definition) is 6. The fraction of sp³-hybridized carbons (Fsp3) is 0.421. The first-order chi connectivity index (χ1) is 12.7. The van der Waals surface area contributed by atoms with Crippen LogP contribution < -0.4 is 0 Å². The van der Waals surface area contributed by atoms with Crippen molar-refractivity contribution in [1.82, 2.24) is 14.9 Å². The van der Waals surface area contributed by atoms with Crippen molar-refractivity contribution in [2.75, 3.05) is 12.3 Å². The summed E-state index contributed by atoms with van der Waals surface area (Å²) in [5, 5.41) is 4.29. The number of carbonyl (C=O) groups is 1. The molecule has 0 spiro atoms. The Morgan fingerprint density at radius 1 is 1.35 bits per heavy atom. The lowest BCUT2D eigenvalue weighted by atomic mass is 10.2. The number of thiazole rings is 2. The smallest absolute Gasteiger partial charge is 0.223 e. The van der Waals surface area contributed by atoms with Gasteiger partial charge in [-0.1, -0.05) is 12.1 Å². The van der Waals surface area contributed by atoms with E-state index in [0.717, 1.165) is 52.1 Å². The number of hydrogen-bond donors (Lipinski definition) is 0. The van der Waals surface area contributed by atoms with E-state index in [1.807, 2.05) is 30.0 Å². The topological polar surface area (TPSA) is 46.1 Å². The van der Waals surface area contributed by atoms with Gasteiger partial charge in [0.1, 0.15) is 5.01 Å². The number of aryl methyl sites for hydroxylation is 1. The summed E-state index contributed by atoms with van der Waals surface area (Å²) in [5.41, 5.74) is 2.17. The molecule has 0 radical (unpaired) electrons. The maximum absolute atomic E-state index is 12.7. The summed E-state index contributed by atoms with van der Waals surface area (Å²) in [7, 11) is 0. The number of rotatable bonds is 6. The van der Waals surface area contributed by atoms with E-state index < -0.39 is 0 Å². The SMILES string of the molecule is Cc1nc(CSCCC(=O)N2CCC[C@@H]2c2nc3ccccc3s2)cs1. The molecule has 136 valence electrons. The highest BCUT2D eigenvalue weighted by Crippen LogP contribution is 2.36. The highest BCUT2D eigenvalue weighted by atomic mass is 32.2. The Balaban J connectivity index is 1.34. The highest BCUT2D eigenvalue weighted by molar-refractivity contribution is 7.98. The normalized spacial score (nSPS) is 17.3. The number of thioether (sulfide) groups is 1. The molecule has 3 heterocycles. The Hall–Kier alpha value is -1.44. The van der Waals surface area contributed by atoms with Gasteiger partial charge < -0.3 is 4.90 Å². The Kier molecular flexibility index (Phi) is 5.57. The number of carbonyl (C=O) groups excluding carboxylic acids is 1. The lowest BCUT2D eigenvalue weighted by Crippen LogP contribution is -2.30. The molecule has 1 atom stereocenters. The van der Waals surface area contributed by atoms with Crippen molar-refractivity contribution < 1.29 is 4.79 Å². The van der Waals surface area contributed by atoms with Gasteiger partial charge in [-0.25, -0.2) is 9.97 Å². The summed E-state index contributed by atoms with van der Waals surface area (Å²) in [5.74, 6) is 1.99. The maximum atomic E-state index is 12.7. The molecular formula is C19H21N3OS3. The molecule has 0 unspecified atom stereocenters. The summed E-state index contributed by atoms with van der Waals surface area (Å²) in [4.78, 5) is 24.0. The van der Waals surface area contributed by atoms with Crippen molar-refractivity contribution in [2.45, 2.75) is 38.0 Å². The molecule has 26 heavy (non-hydrogen) atoms. The van der Waals surface area contributed by atoms with Gasteiger partial charge in [-0.15, -0.1) is 22.7 Å². The van der Waals surface area contributed by atoms with Gasteiger partial charge in [0, 0.05) is 29.9 Å². The van der Waals surface area contributed by atoms with E-state index >= 15 is 0 Å². The van der Waals surface area contributed by atoms with Gasteiger partial charge in [-0.05, 0) is 31.9 Å². The summed E-state index contributed by atoms with van der Waals surface area (Å²) in [6.45, 7) is 2.88. The highest BCUT2D eigenvalue weighted by Gasteiger charge is 2.31. The Bertz CT molecular complexity index is 871. The van der Waals surface area contributed by atoms with Crippen LogP contribution in [-0.4, -0.2) is 33.1 Å². The zero-order valence-corrected chi connectivity index (χ0v) is 17.1. The second-order valence-corrected chi connectivity index (χ2v) is 9.66. The first-order valence-corrected chi connectivity index (χ1v) is 11.7. The molecule has 1 aliphatic heterocycles. The fourth-order valence-electron chi connectivity index (χ4n) is 3.31. The number of fused-ring (bicyclic) bond motifs is 1. The molecule has 1 aromatic carbocycles. The largest absolute Gasteiger partial charge is 0.333 e. The van der Waals surface area contributed by atoms with Crippen molar-refractivity contribution in [3.8, 4) is 0 Å². The fourth-order valence-corrected chi connectivity index (χ4v) is 5.96. The van der Waals surface area contributed by atoms with Crippen LogP contribution in [0.25, 0.3) is 10.2 Å². The van der Waals surface area contributed by atoms with Crippen LogP contribution in [0.2, 0.25) is 0 Å². The van der Waals surface area contributed by atoms with E-state index in [-0.39, 0.29) is 11.9 Å². The van der Waals surface area contributed by atoms with Gasteiger partial charge in [0.2, 0.25) is 5.91 Å². The van der Waals surface area contributed by atoms with Crippen LogP contribution in [0.1, 0.15) is 41.0 Å². The molecular weight excluding hydrogens is 382 g/mol. The lowest BCUT2D eigenvalue weighted by molar-refractivity contribution is -0.131. The van der Waals surface area contributed by atoms with E-state index in [1.165, 1.54) is 4.70 Å². The molecule has 2 aromatic heterocycles. The number of para-hydroxylation sites is 1. The third kappa shape index (κ3) is 3.94. The van der Waals surface area contributed by atoms with Crippen LogP contribution in [0.3, 0.4) is 0 Å². The van der Waals surface area contributed by atoms with E-state index in [1.54, 1.807) is 34.4 Å². The molecule has 4 rings (SSSR count). The van der Waals surface area contributed by atoms with E-state index in [4.69, 9.17) is 4.98 Å². The number of benzene rings is 1. The third-order valence-electron chi connectivity index (χ3n) is 4.55. The summed E-state index contributed by atoms with van der Waals surface area (Å²) in [6, 6.07) is 8.38. The lowest BCUT2D eigenvalue weighted by Gasteiger charge is -2.23. The summed E-state index contributed by atoms with van der Waals surface area (Å²) < 4.78 is 1.20. The van der Waals surface area contributed by atoms with E-state index in [0.29, 0.717) is 6.42 Å². The first-order valence-electron chi connectivity index (χ1n) is 8.84. The Labute approximate surface area is 165 Å². The number of aromatic nitrogens is 2. The number of likely N-dealkylation sites (tertiary alicyclic amines) is 1. The van der Waals surface area contributed by atoms with Crippen molar-refractivity contribution in [1.29, 1.82) is 0 Å². The zero-order chi connectivity index (χ0) is 17.9. The van der Waals surface area contributed by atoms with Crippen LogP contribution >= 0.6 is 34.4 Å². The number of amides is 1. The standard InChI is InChI=1S/C19H21N3OS3/c1-13-20-14(12-25-13)11-24-10-8-18(23)22-9-4-6-16(22)19-21-15-5-2-3-7-17(15)26-19/h2-3,5,7,12,16H,4,6,8-11H2,1H3/t16-/m1/s1. The molecule has 1 amide bonds. The molecule has 0 bridgehead atoms. The summed E-state index contributed by atoms with van der Waals surface area (Å²) >= 11 is 5.20. The Morgan fingerprint density at radius 3 is 3.04 bits per heavy atom. The molecule has 0 saturated carbocycles. The second kappa shape index (κ2) is 8.06. The van der Waals surface area contributed by atoms with Crippen molar-refractivity contribution in [3.05, 3.63) is 45.4 Å². The average Bonchev–Trinajstić information content (AvgIpc) is 3.36. The van der Waals surface area contributed by atoms with E-state index in [9.17, 15) is 4.79 Å². The monoisotopic (exact) mass is 403 g/mol. The molecule has 0 aliphatic carbocycles. The number of nitrogens with zero attached hydrogens (tertiary/aromatic N) is 3. The van der Waals surface area contributed by atoms with Gasteiger partial charge in [0.25, 0.3) is 0 Å². The molecule has 3 aromatic rings. The van der Waals surface area contributed by atoms with Gasteiger partial charge in [-0.2, -0.15) is 11.8 Å². The summed E-state index contributed by atoms with van der Waals surface area (Å²) in [6.07, 6.45) is 2.68. The molecule has 0 N–H and O–H groups in total. The molecule has 7 heteroatoms. The van der Waals surface area contributed by atoms with Gasteiger partial charge in [0.05, 0.1) is 27.0 Å². The zero-order valence-electron chi connectivity index (χ0n) is 14.7. The molecule has 1 aliphatic rings. The van der Waals surface area contributed by atoms with Crippen molar-refractivity contribution >= 4 is 50.6 Å².